The van der Waals surface area contributed by atoms with Gasteiger partial charge in [0.25, 0.3) is 0 Å². The lowest BCUT2D eigenvalue weighted by Crippen LogP contribution is -2.42. The summed E-state index contributed by atoms with van der Waals surface area (Å²) in [7, 11) is 1.73. The Morgan fingerprint density at radius 1 is 1.39 bits per heavy atom. The van der Waals surface area contributed by atoms with E-state index in [1.54, 1.807) is 19.2 Å². The molecule has 0 aromatic heterocycles. The molecule has 0 radical (unpaired) electrons. The number of nitrogens with zero attached hydrogens (tertiary/aromatic N) is 1. The lowest BCUT2D eigenvalue weighted by atomic mass is 10.2. The van der Waals surface area contributed by atoms with Gasteiger partial charge in [0.15, 0.2) is 5.96 Å². The van der Waals surface area contributed by atoms with Gasteiger partial charge < -0.3 is 24.8 Å². The summed E-state index contributed by atoms with van der Waals surface area (Å²) in [5.74, 6) is 0.958. The Labute approximate surface area is 184 Å². The van der Waals surface area contributed by atoms with E-state index in [0.717, 1.165) is 44.8 Å². The maximum absolute atomic E-state index is 13.3. The highest BCUT2D eigenvalue weighted by Gasteiger charge is 2.15. The lowest BCUT2D eigenvalue weighted by Gasteiger charge is -2.20. The van der Waals surface area contributed by atoms with Gasteiger partial charge in [0.1, 0.15) is 17.7 Å². The molecule has 0 aliphatic carbocycles. The van der Waals surface area contributed by atoms with Gasteiger partial charge in [-0.2, -0.15) is 0 Å². The smallest absolute Gasteiger partial charge is 0.191 e. The van der Waals surface area contributed by atoms with Gasteiger partial charge in [0, 0.05) is 32.9 Å². The van der Waals surface area contributed by atoms with Crippen LogP contribution in [0.4, 0.5) is 4.39 Å². The first kappa shape index (κ1) is 24.9. The van der Waals surface area contributed by atoms with Crippen molar-refractivity contribution in [3.05, 3.63) is 30.1 Å². The first-order valence-corrected chi connectivity index (χ1v) is 9.77. The fourth-order valence-electron chi connectivity index (χ4n) is 2.80. The zero-order valence-corrected chi connectivity index (χ0v) is 19.1. The average molecular weight is 509 g/mol. The average Bonchev–Trinajstić information content (AvgIpc) is 3.19. The Balaban J connectivity index is 0.00000392. The number of aliphatic imine (C=N–C) groups is 1. The topological polar surface area (TPSA) is 64.1 Å². The first-order chi connectivity index (χ1) is 13.2. The molecular weight excluding hydrogens is 476 g/mol. The minimum atomic E-state index is -0.297. The molecule has 0 saturated carbocycles. The molecule has 1 fully saturated rings. The minimum absolute atomic E-state index is 0. The molecule has 0 amide bonds. The highest BCUT2D eigenvalue weighted by Crippen LogP contribution is 2.14. The zero-order chi connectivity index (χ0) is 19.3. The van der Waals surface area contributed by atoms with E-state index in [9.17, 15) is 4.39 Å². The summed E-state index contributed by atoms with van der Waals surface area (Å²) in [6.45, 7) is 5.63. The maximum atomic E-state index is 13.3. The second-order valence-corrected chi connectivity index (χ2v) is 6.55. The number of hydrogen-bond acceptors (Lipinski definition) is 4. The van der Waals surface area contributed by atoms with Crippen LogP contribution >= 0.6 is 24.0 Å². The Hall–Kier alpha value is -1.13. The van der Waals surface area contributed by atoms with E-state index in [-0.39, 0.29) is 42.0 Å². The standard InChI is InChI=1S/C20H32FN3O3.HI/c1-3-17(27-18-8-4-7-16(21)13-18)14-24-20(22-2)23-10-6-11-25-15-19-9-5-12-26-19;/h4,7-8,13,17,19H,3,5-6,9-12,14-15H2,1-2H3,(H2,22,23,24);1H. The number of nitrogens with one attached hydrogen (secondary N) is 2. The van der Waals surface area contributed by atoms with Crippen LogP contribution in [-0.4, -0.2) is 58.1 Å². The zero-order valence-electron chi connectivity index (χ0n) is 16.8. The number of hydrogen-bond donors (Lipinski definition) is 2. The van der Waals surface area contributed by atoms with Crippen molar-refractivity contribution in [2.75, 3.05) is 40.0 Å². The van der Waals surface area contributed by atoms with Crippen molar-refractivity contribution in [2.24, 2.45) is 4.99 Å². The molecule has 6 nitrogen and oxygen atoms in total. The first-order valence-electron chi connectivity index (χ1n) is 9.77. The Morgan fingerprint density at radius 2 is 2.25 bits per heavy atom. The summed E-state index contributed by atoms with van der Waals surface area (Å²) < 4.78 is 30.3. The second kappa shape index (κ2) is 14.8. The third-order valence-corrected chi connectivity index (χ3v) is 4.36. The molecule has 1 saturated heterocycles. The number of rotatable bonds is 11. The van der Waals surface area contributed by atoms with E-state index in [2.05, 4.69) is 15.6 Å². The van der Waals surface area contributed by atoms with Crippen LogP contribution in [0, 0.1) is 5.82 Å². The SMILES string of the molecule is CCC(CNC(=NC)NCCCOCC1CCCO1)Oc1cccc(F)c1.I. The van der Waals surface area contributed by atoms with E-state index < -0.39 is 0 Å². The number of ether oxygens (including phenoxy) is 3. The van der Waals surface area contributed by atoms with Crippen LogP contribution in [0.3, 0.4) is 0 Å². The predicted octanol–water partition coefficient (Wildman–Crippen LogP) is 3.35. The van der Waals surface area contributed by atoms with Crippen molar-refractivity contribution in [1.29, 1.82) is 0 Å². The summed E-state index contributed by atoms with van der Waals surface area (Å²) >= 11 is 0. The molecule has 160 valence electrons. The van der Waals surface area contributed by atoms with E-state index >= 15 is 0 Å². The van der Waals surface area contributed by atoms with Crippen molar-refractivity contribution in [2.45, 2.75) is 44.8 Å². The molecule has 1 aromatic carbocycles. The molecule has 28 heavy (non-hydrogen) atoms. The van der Waals surface area contributed by atoms with Crippen LogP contribution in [-0.2, 0) is 9.47 Å². The van der Waals surface area contributed by atoms with Crippen LogP contribution in [0.5, 0.6) is 5.75 Å². The lowest BCUT2D eigenvalue weighted by molar-refractivity contribution is 0.0168. The van der Waals surface area contributed by atoms with Gasteiger partial charge in [0.2, 0.25) is 0 Å². The van der Waals surface area contributed by atoms with Gasteiger partial charge in [0.05, 0.1) is 19.3 Å². The summed E-state index contributed by atoms with van der Waals surface area (Å²) in [4.78, 5) is 4.21. The van der Waals surface area contributed by atoms with Crippen LogP contribution in [0.2, 0.25) is 0 Å². The van der Waals surface area contributed by atoms with E-state index in [4.69, 9.17) is 14.2 Å². The largest absolute Gasteiger partial charge is 0.489 e. The quantitative estimate of drug-likeness (QED) is 0.207. The summed E-state index contributed by atoms with van der Waals surface area (Å²) in [6.07, 6.45) is 4.14. The second-order valence-electron chi connectivity index (χ2n) is 6.55. The van der Waals surface area contributed by atoms with Gasteiger partial charge >= 0.3 is 0 Å². The number of guanidine groups is 1. The van der Waals surface area contributed by atoms with Crippen LogP contribution in [0.1, 0.15) is 32.6 Å². The summed E-state index contributed by atoms with van der Waals surface area (Å²) in [5.41, 5.74) is 0. The third kappa shape index (κ3) is 9.88. The van der Waals surface area contributed by atoms with E-state index in [0.29, 0.717) is 25.5 Å². The normalized spacial score (nSPS) is 17.7. The van der Waals surface area contributed by atoms with Gasteiger partial charge in [-0.25, -0.2) is 4.39 Å². The van der Waals surface area contributed by atoms with Crippen molar-refractivity contribution in [3.8, 4) is 5.75 Å². The predicted molar refractivity (Wildman–Crippen MR) is 120 cm³/mol. The van der Waals surface area contributed by atoms with Crippen molar-refractivity contribution >= 4 is 29.9 Å². The fraction of sp³-hybridized carbons (Fsp3) is 0.650. The van der Waals surface area contributed by atoms with Gasteiger partial charge in [-0.3, -0.25) is 4.99 Å². The molecule has 1 aliphatic rings. The molecule has 2 N–H and O–H groups in total. The highest BCUT2D eigenvalue weighted by atomic mass is 127. The van der Waals surface area contributed by atoms with Gasteiger partial charge in [-0.05, 0) is 37.8 Å². The maximum Gasteiger partial charge on any atom is 0.191 e. The molecule has 1 aliphatic heterocycles. The van der Waals surface area contributed by atoms with Gasteiger partial charge in [-0.15, -0.1) is 24.0 Å². The van der Waals surface area contributed by atoms with E-state index in [1.807, 2.05) is 6.92 Å². The third-order valence-electron chi connectivity index (χ3n) is 4.36. The molecule has 1 aromatic rings. The summed E-state index contributed by atoms with van der Waals surface area (Å²) in [5, 5.41) is 6.51. The molecule has 8 heteroatoms. The monoisotopic (exact) mass is 509 g/mol. The van der Waals surface area contributed by atoms with Crippen molar-refractivity contribution in [3.63, 3.8) is 0 Å². The molecule has 2 unspecified atom stereocenters. The van der Waals surface area contributed by atoms with Crippen LogP contribution in [0.15, 0.2) is 29.3 Å². The molecule has 0 bridgehead atoms. The van der Waals surface area contributed by atoms with Gasteiger partial charge in [-0.1, -0.05) is 13.0 Å². The van der Waals surface area contributed by atoms with Crippen molar-refractivity contribution in [1.82, 2.24) is 10.6 Å². The fourth-order valence-corrected chi connectivity index (χ4v) is 2.80. The Kier molecular flexibility index (Phi) is 13.2. The molecule has 0 spiro atoms. The Bertz CT molecular complexity index is 571. The Morgan fingerprint density at radius 3 is 2.93 bits per heavy atom. The minimum Gasteiger partial charge on any atom is -0.489 e. The van der Waals surface area contributed by atoms with E-state index in [1.165, 1.54) is 12.1 Å². The molecular formula is C20H33FIN3O3. The van der Waals surface area contributed by atoms with Crippen LogP contribution in [0.25, 0.3) is 0 Å². The highest BCUT2D eigenvalue weighted by molar-refractivity contribution is 14.0. The van der Waals surface area contributed by atoms with Crippen molar-refractivity contribution < 1.29 is 18.6 Å². The molecule has 2 atom stereocenters. The molecule has 1 heterocycles. The molecule has 2 rings (SSSR count). The number of benzene rings is 1. The summed E-state index contributed by atoms with van der Waals surface area (Å²) in [6, 6.07) is 6.20. The van der Waals surface area contributed by atoms with Crippen LogP contribution < -0.4 is 15.4 Å². The number of halogens is 2.